The summed E-state index contributed by atoms with van der Waals surface area (Å²) in [6.45, 7) is 4.94. The van der Waals surface area contributed by atoms with Gasteiger partial charge in [-0.2, -0.15) is 0 Å². The fourth-order valence-electron chi connectivity index (χ4n) is 3.06. The normalized spacial score (nSPS) is 16.9. The molecule has 26 heavy (non-hydrogen) atoms. The number of piperidine rings is 1. The first-order chi connectivity index (χ1) is 12.3. The molecular formula is C18H23NO7. The van der Waals surface area contributed by atoms with Crippen molar-refractivity contribution >= 4 is 17.8 Å². The van der Waals surface area contributed by atoms with E-state index in [0.29, 0.717) is 18.5 Å². The van der Waals surface area contributed by atoms with Gasteiger partial charge in [0, 0.05) is 12.6 Å². The number of esters is 2. The molecule has 2 rings (SSSR count). The van der Waals surface area contributed by atoms with Crippen LogP contribution in [0, 0.1) is 13.8 Å². The van der Waals surface area contributed by atoms with Crippen molar-refractivity contribution in [1.29, 1.82) is 0 Å². The average Bonchev–Trinajstić information content (AvgIpc) is 2.59. The molecular weight excluding hydrogens is 342 g/mol. The number of ether oxygens (including phenoxy) is 2. The molecule has 1 atom stereocenters. The third-order valence-electron chi connectivity index (χ3n) is 4.25. The zero-order valence-corrected chi connectivity index (χ0v) is 15.2. The Labute approximate surface area is 151 Å². The number of carbonyl (C=O) groups excluding carboxylic acids is 3. The summed E-state index contributed by atoms with van der Waals surface area (Å²) in [6.07, 6.45) is 2.13. The maximum atomic E-state index is 12.4. The summed E-state index contributed by atoms with van der Waals surface area (Å²) in [5.74, 6) is -1.51. The maximum absolute atomic E-state index is 12.4. The van der Waals surface area contributed by atoms with Gasteiger partial charge < -0.3 is 18.8 Å². The van der Waals surface area contributed by atoms with Gasteiger partial charge in [-0.3, -0.25) is 4.79 Å². The predicted molar refractivity (Wildman–Crippen MR) is 90.7 cm³/mol. The van der Waals surface area contributed by atoms with Crippen molar-refractivity contribution in [3.63, 3.8) is 0 Å². The lowest BCUT2D eigenvalue weighted by Crippen LogP contribution is -2.50. The highest BCUT2D eigenvalue weighted by Gasteiger charge is 2.33. The van der Waals surface area contributed by atoms with Crippen molar-refractivity contribution in [2.24, 2.45) is 0 Å². The molecule has 0 bridgehead atoms. The second kappa shape index (κ2) is 8.64. The highest BCUT2D eigenvalue weighted by atomic mass is 16.5. The lowest BCUT2D eigenvalue weighted by molar-refractivity contribution is -0.157. The van der Waals surface area contributed by atoms with Crippen LogP contribution in [0.3, 0.4) is 0 Å². The first-order valence-corrected chi connectivity index (χ1v) is 8.59. The van der Waals surface area contributed by atoms with E-state index in [-0.39, 0.29) is 17.9 Å². The number of aryl methyl sites for hydroxylation is 2. The van der Waals surface area contributed by atoms with Crippen molar-refractivity contribution in [3.05, 3.63) is 33.4 Å². The molecule has 1 fully saturated rings. The van der Waals surface area contributed by atoms with Gasteiger partial charge in [0.05, 0.1) is 6.61 Å². The molecule has 0 aromatic carbocycles. The van der Waals surface area contributed by atoms with E-state index in [1.165, 1.54) is 17.9 Å². The number of hydrogen-bond acceptors (Lipinski definition) is 7. The van der Waals surface area contributed by atoms with Gasteiger partial charge in [-0.25, -0.2) is 14.4 Å². The van der Waals surface area contributed by atoms with Crippen molar-refractivity contribution in [2.75, 3.05) is 19.8 Å². The van der Waals surface area contributed by atoms with Crippen LogP contribution in [-0.2, 0) is 19.1 Å². The molecule has 0 unspecified atom stereocenters. The molecule has 0 radical (unpaired) electrons. The second-order valence-electron chi connectivity index (χ2n) is 6.11. The molecule has 8 heteroatoms. The first-order valence-electron chi connectivity index (χ1n) is 8.59. The summed E-state index contributed by atoms with van der Waals surface area (Å²) in [4.78, 5) is 49.4. The number of amides is 1. The summed E-state index contributed by atoms with van der Waals surface area (Å²) >= 11 is 0. The lowest BCUT2D eigenvalue weighted by atomic mass is 10.0. The van der Waals surface area contributed by atoms with E-state index in [9.17, 15) is 19.2 Å². The molecule has 1 aliphatic heterocycles. The van der Waals surface area contributed by atoms with Gasteiger partial charge in [-0.1, -0.05) is 0 Å². The smallest absolute Gasteiger partial charge is 0.342 e. The highest BCUT2D eigenvalue weighted by molar-refractivity contribution is 5.94. The minimum absolute atomic E-state index is 0.123. The standard InChI is InChI=1S/C18H23NO7/c1-4-24-17(22)13-7-5-6-8-19(13)14(20)10-25-18(23)16-11(2)9-15(21)26-12(16)3/h9,13H,4-8,10H2,1-3H3/t13-/m1/s1. The van der Waals surface area contributed by atoms with Crippen LogP contribution in [-0.4, -0.2) is 48.5 Å². The van der Waals surface area contributed by atoms with Gasteiger partial charge in [0.25, 0.3) is 5.91 Å². The van der Waals surface area contributed by atoms with Gasteiger partial charge in [0.2, 0.25) is 0 Å². The molecule has 142 valence electrons. The summed E-state index contributed by atoms with van der Waals surface area (Å²) in [5.41, 5.74) is -0.0187. The Bertz CT molecular complexity index is 726. The van der Waals surface area contributed by atoms with E-state index >= 15 is 0 Å². The van der Waals surface area contributed by atoms with Crippen LogP contribution in [0.2, 0.25) is 0 Å². The number of likely N-dealkylation sites (tertiary alicyclic amines) is 1. The molecule has 0 spiro atoms. The minimum atomic E-state index is -0.748. The van der Waals surface area contributed by atoms with E-state index in [1.807, 2.05) is 0 Å². The Balaban J connectivity index is 2.04. The van der Waals surface area contributed by atoms with E-state index in [1.54, 1.807) is 13.8 Å². The Morgan fingerprint density at radius 1 is 1.23 bits per heavy atom. The van der Waals surface area contributed by atoms with Crippen molar-refractivity contribution in [1.82, 2.24) is 4.90 Å². The summed E-state index contributed by atoms with van der Waals surface area (Å²) in [6, 6.07) is 0.542. The molecule has 1 amide bonds. The van der Waals surface area contributed by atoms with Gasteiger partial charge in [0.1, 0.15) is 17.4 Å². The number of carbonyl (C=O) groups is 3. The fourth-order valence-corrected chi connectivity index (χ4v) is 3.06. The Morgan fingerprint density at radius 2 is 1.96 bits per heavy atom. The zero-order chi connectivity index (χ0) is 19.3. The van der Waals surface area contributed by atoms with Gasteiger partial charge in [-0.15, -0.1) is 0 Å². The van der Waals surface area contributed by atoms with Crippen LogP contribution in [0.5, 0.6) is 0 Å². The molecule has 1 saturated heterocycles. The molecule has 1 aliphatic rings. The van der Waals surface area contributed by atoms with Crippen LogP contribution in [0.4, 0.5) is 0 Å². The van der Waals surface area contributed by atoms with E-state index < -0.39 is 36.1 Å². The Kier molecular flexibility index (Phi) is 6.54. The summed E-state index contributed by atoms with van der Waals surface area (Å²) < 4.78 is 15.0. The van der Waals surface area contributed by atoms with E-state index in [0.717, 1.165) is 12.8 Å². The molecule has 0 aliphatic carbocycles. The van der Waals surface area contributed by atoms with Gasteiger partial charge >= 0.3 is 17.6 Å². The zero-order valence-electron chi connectivity index (χ0n) is 15.2. The third kappa shape index (κ3) is 4.50. The van der Waals surface area contributed by atoms with E-state index in [4.69, 9.17) is 13.9 Å². The number of nitrogens with zero attached hydrogens (tertiary/aromatic N) is 1. The first kappa shape index (κ1) is 19.7. The fraction of sp³-hybridized carbons (Fsp3) is 0.556. The van der Waals surface area contributed by atoms with E-state index in [2.05, 4.69) is 0 Å². The number of rotatable bonds is 5. The Hall–Kier alpha value is -2.64. The molecule has 0 N–H and O–H groups in total. The summed E-state index contributed by atoms with van der Waals surface area (Å²) in [7, 11) is 0. The largest absolute Gasteiger partial charge is 0.464 e. The van der Waals surface area contributed by atoms with Gasteiger partial charge in [-0.05, 0) is 45.6 Å². The van der Waals surface area contributed by atoms with Crippen LogP contribution >= 0.6 is 0 Å². The molecule has 8 nitrogen and oxygen atoms in total. The quantitative estimate of drug-likeness (QED) is 0.726. The molecule has 0 saturated carbocycles. The second-order valence-corrected chi connectivity index (χ2v) is 6.11. The summed E-state index contributed by atoms with van der Waals surface area (Å²) in [5, 5.41) is 0. The minimum Gasteiger partial charge on any atom is -0.464 e. The third-order valence-corrected chi connectivity index (χ3v) is 4.25. The van der Waals surface area contributed by atoms with Crippen molar-refractivity contribution < 1.29 is 28.3 Å². The van der Waals surface area contributed by atoms with Crippen LogP contribution < -0.4 is 5.63 Å². The van der Waals surface area contributed by atoms with Crippen LogP contribution in [0.15, 0.2) is 15.3 Å². The van der Waals surface area contributed by atoms with Crippen molar-refractivity contribution in [3.8, 4) is 0 Å². The predicted octanol–water partition coefficient (Wildman–Crippen LogP) is 1.36. The molecule has 1 aromatic rings. The molecule has 2 heterocycles. The van der Waals surface area contributed by atoms with Crippen LogP contribution in [0.1, 0.15) is 47.9 Å². The average molecular weight is 365 g/mol. The maximum Gasteiger partial charge on any atom is 0.342 e. The Morgan fingerprint density at radius 3 is 2.62 bits per heavy atom. The monoisotopic (exact) mass is 365 g/mol. The SMILES string of the molecule is CCOC(=O)[C@H]1CCCCN1C(=O)COC(=O)c1c(C)cc(=O)oc1C. The highest BCUT2D eigenvalue weighted by Crippen LogP contribution is 2.19. The number of hydrogen-bond donors (Lipinski definition) is 0. The topological polar surface area (TPSA) is 103 Å². The lowest BCUT2D eigenvalue weighted by Gasteiger charge is -2.33. The molecule has 1 aromatic heterocycles. The van der Waals surface area contributed by atoms with Crippen LogP contribution in [0.25, 0.3) is 0 Å². The van der Waals surface area contributed by atoms with Gasteiger partial charge in [0.15, 0.2) is 6.61 Å². The van der Waals surface area contributed by atoms with Crippen molar-refractivity contribution in [2.45, 2.75) is 46.1 Å².